The van der Waals surface area contributed by atoms with Gasteiger partial charge in [-0.25, -0.2) is 4.79 Å². The maximum absolute atomic E-state index is 10.8. The Morgan fingerprint density at radius 3 is 2.41 bits per heavy atom. The number of benzene rings is 1. The summed E-state index contributed by atoms with van der Waals surface area (Å²) < 4.78 is 10.3. The molecule has 0 aromatic heterocycles. The van der Waals surface area contributed by atoms with Gasteiger partial charge in [-0.05, 0) is 18.2 Å². The number of aromatic hydroxyl groups is 1. The molecule has 2 rings (SSSR count). The van der Waals surface area contributed by atoms with Gasteiger partial charge in [-0.1, -0.05) is 0 Å². The average Bonchev–Trinajstić information content (AvgIpc) is 2.49. The molecule has 0 amide bonds. The van der Waals surface area contributed by atoms with Crippen molar-refractivity contribution < 1.29 is 44.9 Å². The van der Waals surface area contributed by atoms with Crippen molar-refractivity contribution in [2.75, 3.05) is 6.61 Å². The van der Waals surface area contributed by atoms with Crippen LogP contribution >= 0.6 is 0 Å². The molecule has 0 saturated carbocycles. The summed E-state index contributed by atoms with van der Waals surface area (Å²) >= 11 is 0. The minimum atomic E-state index is -1.63. The molecule has 5 atom stereocenters. The van der Waals surface area contributed by atoms with Crippen LogP contribution in [-0.2, 0) is 4.74 Å². The van der Waals surface area contributed by atoms with Gasteiger partial charge in [0, 0.05) is 0 Å². The van der Waals surface area contributed by atoms with Gasteiger partial charge in [-0.3, -0.25) is 0 Å². The number of aliphatic hydroxyl groups excluding tert-OH is 4. The molecular weight excluding hydrogens is 300 g/mol. The third-order valence-corrected chi connectivity index (χ3v) is 3.30. The summed E-state index contributed by atoms with van der Waals surface area (Å²) in [6.45, 7) is -0.616. The van der Waals surface area contributed by atoms with Gasteiger partial charge in [0.2, 0.25) is 6.29 Å². The monoisotopic (exact) mass is 316 g/mol. The van der Waals surface area contributed by atoms with E-state index < -0.39 is 49.0 Å². The van der Waals surface area contributed by atoms with Crippen molar-refractivity contribution >= 4 is 5.97 Å². The molecule has 1 aliphatic heterocycles. The first-order chi connectivity index (χ1) is 10.3. The number of hydrogen-bond acceptors (Lipinski definition) is 8. The minimum absolute atomic E-state index is 0.168. The maximum atomic E-state index is 10.8. The smallest absolute Gasteiger partial charge is 0.335 e. The SMILES string of the molecule is O=C(O)c1ccc(O[C@H]2O[C@@H](CO)[C@H](O)[C@@H](O)[C@@H]2O)c(O)c1. The molecule has 0 radical (unpaired) electrons. The molecule has 9 heteroatoms. The number of aromatic carboxylic acids is 1. The van der Waals surface area contributed by atoms with Crippen molar-refractivity contribution in [3.63, 3.8) is 0 Å². The summed E-state index contributed by atoms with van der Waals surface area (Å²) in [5.74, 6) is -1.93. The van der Waals surface area contributed by atoms with Gasteiger partial charge in [0.15, 0.2) is 11.5 Å². The Balaban J connectivity index is 2.17. The number of phenols is 1. The summed E-state index contributed by atoms with van der Waals surface area (Å²) in [7, 11) is 0. The van der Waals surface area contributed by atoms with Crippen molar-refractivity contribution in [3.05, 3.63) is 23.8 Å². The average molecular weight is 316 g/mol. The number of phenolic OH excluding ortho intramolecular Hbond substituents is 1. The second kappa shape index (κ2) is 6.46. The Labute approximate surface area is 124 Å². The summed E-state index contributed by atoms with van der Waals surface area (Å²) in [4.78, 5) is 10.8. The molecule has 1 fully saturated rings. The van der Waals surface area contributed by atoms with Crippen molar-refractivity contribution in [2.45, 2.75) is 30.7 Å². The first-order valence-corrected chi connectivity index (χ1v) is 6.38. The normalized spacial score (nSPS) is 31.7. The molecule has 0 aliphatic carbocycles. The van der Waals surface area contributed by atoms with E-state index in [4.69, 9.17) is 19.7 Å². The number of hydrogen-bond donors (Lipinski definition) is 6. The van der Waals surface area contributed by atoms with Crippen LogP contribution in [0.1, 0.15) is 10.4 Å². The first kappa shape index (κ1) is 16.5. The lowest BCUT2D eigenvalue weighted by Crippen LogP contribution is -2.60. The van der Waals surface area contributed by atoms with Gasteiger partial charge >= 0.3 is 5.97 Å². The molecule has 1 aliphatic rings. The molecule has 6 N–H and O–H groups in total. The lowest BCUT2D eigenvalue weighted by atomic mass is 9.99. The lowest BCUT2D eigenvalue weighted by Gasteiger charge is -2.39. The second-order valence-corrected chi connectivity index (χ2v) is 4.80. The zero-order chi connectivity index (χ0) is 16.4. The van der Waals surface area contributed by atoms with Crippen LogP contribution in [0.2, 0.25) is 0 Å². The van der Waals surface area contributed by atoms with E-state index in [1.807, 2.05) is 0 Å². The van der Waals surface area contributed by atoms with Crippen LogP contribution in [0.3, 0.4) is 0 Å². The fraction of sp³-hybridized carbons (Fsp3) is 0.462. The van der Waals surface area contributed by atoms with E-state index in [2.05, 4.69) is 0 Å². The molecule has 1 aromatic rings. The molecule has 0 unspecified atom stereocenters. The van der Waals surface area contributed by atoms with E-state index in [0.29, 0.717) is 0 Å². The molecule has 122 valence electrons. The van der Waals surface area contributed by atoms with E-state index in [1.54, 1.807) is 0 Å². The highest BCUT2D eigenvalue weighted by molar-refractivity contribution is 5.88. The highest BCUT2D eigenvalue weighted by Crippen LogP contribution is 2.31. The summed E-state index contributed by atoms with van der Waals surface area (Å²) in [6.07, 6.45) is -7.38. The quantitative estimate of drug-likeness (QED) is 0.380. The zero-order valence-electron chi connectivity index (χ0n) is 11.2. The molecule has 9 nitrogen and oxygen atoms in total. The predicted octanol–water partition coefficient (Wildman–Crippen LogP) is -1.73. The van der Waals surface area contributed by atoms with Gasteiger partial charge in [0.1, 0.15) is 24.4 Å². The number of carbonyl (C=O) groups is 1. The Kier molecular flexibility index (Phi) is 4.84. The third-order valence-electron chi connectivity index (χ3n) is 3.30. The number of carboxylic acids is 1. The van der Waals surface area contributed by atoms with Gasteiger partial charge in [-0.2, -0.15) is 0 Å². The van der Waals surface area contributed by atoms with Crippen molar-refractivity contribution in [3.8, 4) is 11.5 Å². The van der Waals surface area contributed by atoms with Gasteiger partial charge in [-0.15, -0.1) is 0 Å². The largest absolute Gasteiger partial charge is 0.504 e. The van der Waals surface area contributed by atoms with Crippen LogP contribution < -0.4 is 4.74 Å². The summed E-state index contributed by atoms with van der Waals surface area (Å²) in [5.41, 5.74) is -0.168. The predicted molar refractivity (Wildman–Crippen MR) is 69.5 cm³/mol. The zero-order valence-corrected chi connectivity index (χ0v) is 11.2. The number of ether oxygens (including phenoxy) is 2. The van der Waals surface area contributed by atoms with Crippen molar-refractivity contribution in [1.29, 1.82) is 0 Å². The van der Waals surface area contributed by atoms with Gasteiger partial charge < -0.3 is 40.1 Å². The van der Waals surface area contributed by atoms with Crippen LogP contribution in [0.25, 0.3) is 0 Å². The summed E-state index contributed by atoms with van der Waals surface area (Å²) in [5, 5.41) is 56.6. The van der Waals surface area contributed by atoms with Crippen molar-refractivity contribution in [2.24, 2.45) is 0 Å². The number of aliphatic hydroxyl groups is 4. The third kappa shape index (κ3) is 3.13. The molecule has 1 saturated heterocycles. The Morgan fingerprint density at radius 1 is 1.18 bits per heavy atom. The highest BCUT2D eigenvalue weighted by Gasteiger charge is 2.44. The molecule has 0 bridgehead atoms. The topological polar surface area (TPSA) is 157 Å². The van der Waals surface area contributed by atoms with Crippen LogP contribution in [0.4, 0.5) is 0 Å². The fourth-order valence-electron chi connectivity index (χ4n) is 2.04. The number of rotatable bonds is 4. The standard InChI is InChI=1S/C13H16O9/c14-4-8-9(16)10(17)11(18)13(22-8)21-7-2-1-5(12(19)20)3-6(7)15/h1-3,8-11,13-18H,4H2,(H,19,20)/t8-,9-,10+,11-,13-/m0/s1. The van der Waals surface area contributed by atoms with E-state index in [-0.39, 0.29) is 11.3 Å². The lowest BCUT2D eigenvalue weighted by molar-refractivity contribution is -0.277. The van der Waals surface area contributed by atoms with E-state index >= 15 is 0 Å². The van der Waals surface area contributed by atoms with Crippen LogP contribution in [0, 0.1) is 0 Å². The maximum Gasteiger partial charge on any atom is 0.335 e. The van der Waals surface area contributed by atoms with Crippen molar-refractivity contribution in [1.82, 2.24) is 0 Å². The summed E-state index contributed by atoms with van der Waals surface area (Å²) in [6, 6.07) is 3.27. The first-order valence-electron chi connectivity index (χ1n) is 6.38. The minimum Gasteiger partial charge on any atom is -0.504 e. The van der Waals surface area contributed by atoms with E-state index in [1.165, 1.54) is 6.07 Å². The molecule has 1 aromatic carbocycles. The fourth-order valence-corrected chi connectivity index (χ4v) is 2.04. The van der Waals surface area contributed by atoms with Gasteiger partial charge in [0.25, 0.3) is 0 Å². The molecule has 0 spiro atoms. The van der Waals surface area contributed by atoms with Crippen LogP contribution in [-0.4, -0.2) is 73.9 Å². The molecule has 22 heavy (non-hydrogen) atoms. The van der Waals surface area contributed by atoms with E-state index in [0.717, 1.165) is 12.1 Å². The molecular formula is C13H16O9. The number of carboxylic acid groups (broad SMARTS) is 1. The van der Waals surface area contributed by atoms with Crippen LogP contribution in [0.5, 0.6) is 11.5 Å². The second-order valence-electron chi connectivity index (χ2n) is 4.80. The van der Waals surface area contributed by atoms with E-state index in [9.17, 15) is 25.2 Å². The van der Waals surface area contributed by atoms with Gasteiger partial charge in [0.05, 0.1) is 12.2 Å². The Morgan fingerprint density at radius 2 is 1.86 bits per heavy atom. The highest BCUT2D eigenvalue weighted by atomic mass is 16.7. The Hall–Kier alpha value is -1.91. The molecule has 1 heterocycles. The Bertz CT molecular complexity index is 544. The van der Waals surface area contributed by atoms with Crippen LogP contribution in [0.15, 0.2) is 18.2 Å².